The number of carbonyl (C=O) groups excluding carboxylic acids is 3. The third-order valence-corrected chi connectivity index (χ3v) is 7.94. The minimum Gasteiger partial charge on any atom is -0.511 e. The molecule has 184 valence electrons. The Bertz CT molecular complexity index is 1350. The van der Waals surface area contributed by atoms with Crippen molar-refractivity contribution in [3.8, 4) is 17.6 Å². The molecule has 7 nitrogen and oxygen atoms in total. The zero-order valence-corrected chi connectivity index (χ0v) is 20.8. The average Bonchev–Trinajstić information content (AvgIpc) is 2.72. The number of aliphatic hydroxyl groups is 3. The highest BCUT2D eigenvalue weighted by Crippen LogP contribution is 2.62. The van der Waals surface area contributed by atoms with Crippen LogP contribution in [-0.2, 0) is 16.0 Å². The van der Waals surface area contributed by atoms with E-state index in [-0.39, 0.29) is 47.6 Å². The van der Waals surface area contributed by atoms with E-state index >= 15 is 0 Å². The Balaban J connectivity index is 2.06. The molecule has 0 aliphatic heterocycles. The lowest BCUT2D eigenvalue weighted by molar-refractivity contribution is -0.159. The first-order valence-corrected chi connectivity index (χ1v) is 11.6. The highest BCUT2D eigenvalue weighted by Gasteiger charge is 2.67. The van der Waals surface area contributed by atoms with E-state index < -0.39 is 50.9 Å². The van der Waals surface area contributed by atoms with Crippen LogP contribution in [-0.4, -0.2) is 43.4 Å². The summed E-state index contributed by atoms with van der Waals surface area (Å²) in [5.74, 6) is 1.46. The van der Waals surface area contributed by atoms with Gasteiger partial charge < -0.3 is 20.4 Å². The van der Waals surface area contributed by atoms with E-state index in [0.717, 1.165) is 12.5 Å². The standard InChI is InChI=1S/C28H30O7/c1-7-8-15-9-16(13(2)3)17-10-26(5)12-27(6)11-18(30)19(14(4)29)24(33)28(27,35)25(34)21(26)23(32)20(17)22(15)31/h9,13,30-31,34-35H,10-12H2,1-6H3/t26-,27+,28+/m1/s1. The maximum atomic E-state index is 13.9. The molecule has 4 N–H and O–H groups in total. The molecule has 0 bridgehead atoms. The highest BCUT2D eigenvalue weighted by atomic mass is 16.3. The molecular weight excluding hydrogens is 448 g/mol. The fourth-order valence-corrected chi connectivity index (χ4v) is 6.50. The van der Waals surface area contributed by atoms with Crippen LogP contribution < -0.4 is 0 Å². The van der Waals surface area contributed by atoms with Gasteiger partial charge in [0, 0.05) is 22.8 Å². The number of aromatic hydroxyl groups is 1. The molecule has 1 aromatic carbocycles. The Morgan fingerprint density at radius 2 is 1.74 bits per heavy atom. The first-order chi connectivity index (χ1) is 16.1. The van der Waals surface area contributed by atoms with Crippen LogP contribution in [0.5, 0.6) is 5.75 Å². The second-order valence-electron chi connectivity index (χ2n) is 10.9. The number of ketones is 3. The highest BCUT2D eigenvalue weighted by molar-refractivity contribution is 6.25. The third kappa shape index (κ3) is 3.06. The summed E-state index contributed by atoms with van der Waals surface area (Å²) in [4.78, 5) is 39.4. The summed E-state index contributed by atoms with van der Waals surface area (Å²) in [6.45, 7) is 9.99. The van der Waals surface area contributed by atoms with Gasteiger partial charge in [0.15, 0.2) is 17.2 Å². The van der Waals surface area contributed by atoms with Crippen molar-refractivity contribution in [1.82, 2.24) is 0 Å². The number of phenols is 1. The molecule has 0 fully saturated rings. The van der Waals surface area contributed by atoms with Gasteiger partial charge in [-0.3, -0.25) is 14.4 Å². The van der Waals surface area contributed by atoms with Crippen LogP contribution in [0.15, 0.2) is 28.7 Å². The predicted octanol–water partition coefficient (Wildman–Crippen LogP) is 3.96. The normalized spacial score (nSPS) is 29.9. The van der Waals surface area contributed by atoms with Gasteiger partial charge in [-0.2, -0.15) is 0 Å². The Kier molecular flexibility index (Phi) is 5.35. The molecule has 0 saturated carbocycles. The maximum absolute atomic E-state index is 13.9. The van der Waals surface area contributed by atoms with Gasteiger partial charge in [-0.25, -0.2) is 0 Å². The minimum absolute atomic E-state index is 0.00798. The molecule has 3 aliphatic carbocycles. The number of phenolic OH excluding ortho intramolecular Hbond substituents is 1. The second-order valence-corrected chi connectivity index (χ2v) is 10.9. The number of carbonyl (C=O) groups is 3. The molecule has 0 heterocycles. The van der Waals surface area contributed by atoms with Crippen LogP contribution in [0.2, 0.25) is 0 Å². The number of Topliss-reactive ketones (excluding diaryl/α,β-unsaturated/α-hetero) is 3. The molecule has 4 rings (SSSR count). The molecule has 35 heavy (non-hydrogen) atoms. The van der Waals surface area contributed by atoms with Crippen molar-refractivity contribution in [2.75, 3.05) is 0 Å². The maximum Gasteiger partial charge on any atom is 0.209 e. The van der Waals surface area contributed by atoms with E-state index in [1.165, 1.54) is 0 Å². The zero-order valence-electron chi connectivity index (χ0n) is 20.8. The molecule has 0 unspecified atom stereocenters. The van der Waals surface area contributed by atoms with Gasteiger partial charge >= 0.3 is 0 Å². The Morgan fingerprint density at radius 1 is 1.11 bits per heavy atom. The van der Waals surface area contributed by atoms with E-state index in [4.69, 9.17) is 0 Å². The number of aliphatic hydroxyl groups excluding tert-OH is 2. The van der Waals surface area contributed by atoms with Gasteiger partial charge in [-0.1, -0.05) is 33.6 Å². The summed E-state index contributed by atoms with van der Waals surface area (Å²) in [5, 5.41) is 44.7. The lowest BCUT2D eigenvalue weighted by atomic mass is 9.48. The van der Waals surface area contributed by atoms with Crippen LogP contribution in [0.25, 0.3) is 0 Å². The SMILES string of the molecule is CC#Cc1cc(C(C)C)c2c(c1O)C(=O)C1=C(O)[C@@]3(O)C(=O)C(C(C)=O)=C(O)C[C@@]3(C)C[C@@]1(C)C2. The quantitative estimate of drug-likeness (QED) is 0.374. The van der Waals surface area contributed by atoms with Gasteiger partial charge in [0.2, 0.25) is 5.78 Å². The largest absolute Gasteiger partial charge is 0.511 e. The number of benzene rings is 1. The van der Waals surface area contributed by atoms with Crippen molar-refractivity contribution in [3.05, 3.63) is 51.0 Å². The third-order valence-electron chi connectivity index (χ3n) is 7.94. The Hall–Kier alpha value is -3.37. The fraction of sp³-hybridized carbons (Fsp3) is 0.464. The van der Waals surface area contributed by atoms with Gasteiger partial charge in [-0.15, -0.1) is 5.92 Å². The minimum atomic E-state index is -2.57. The Morgan fingerprint density at radius 3 is 2.29 bits per heavy atom. The van der Waals surface area contributed by atoms with Crippen LogP contribution in [0.3, 0.4) is 0 Å². The van der Waals surface area contributed by atoms with Crippen molar-refractivity contribution in [2.24, 2.45) is 10.8 Å². The van der Waals surface area contributed by atoms with Gasteiger partial charge in [-0.05, 0) is 49.8 Å². The number of rotatable bonds is 2. The van der Waals surface area contributed by atoms with E-state index in [9.17, 15) is 34.8 Å². The molecule has 0 aromatic heterocycles. The topological polar surface area (TPSA) is 132 Å². The first-order valence-electron chi connectivity index (χ1n) is 11.6. The summed E-state index contributed by atoms with van der Waals surface area (Å²) in [6.07, 6.45) is 0.126. The number of allylic oxidation sites excluding steroid dienone is 2. The lowest BCUT2D eigenvalue weighted by Gasteiger charge is -2.56. The van der Waals surface area contributed by atoms with Crippen LogP contribution in [0.4, 0.5) is 0 Å². The lowest BCUT2D eigenvalue weighted by Crippen LogP contribution is -2.63. The van der Waals surface area contributed by atoms with Gasteiger partial charge in [0.1, 0.15) is 22.8 Å². The molecule has 0 spiro atoms. The monoisotopic (exact) mass is 478 g/mol. The predicted molar refractivity (Wildman–Crippen MR) is 128 cm³/mol. The molecular formula is C28H30O7. The molecule has 7 heteroatoms. The van der Waals surface area contributed by atoms with E-state index in [2.05, 4.69) is 11.8 Å². The summed E-state index contributed by atoms with van der Waals surface area (Å²) >= 11 is 0. The average molecular weight is 479 g/mol. The smallest absolute Gasteiger partial charge is 0.209 e. The van der Waals surface area contributed by atoms with Crippen molar-refractivity contribution in [1.29, 1.82) is 0 Å². The van der Waals surface area contributed by atoms with E-state index in [0.29, 0.717) is 5.56 Å². The van der Waals surface area contributed by atoms with Crippen molar-refractivity contribution in [3.63, 3.8) is 0 Å². The first kappa shape index (κ1) is 24.7. The summed E-state index contributed by atoms with van der Waals surface area (Å²) in [5.41, 5.74) is -3.90. The van der Waals surface area contributed by atoms with E-state index in [1.807, 2.05) is 13.8 Å². The van der Waals surface area contributed by atoms with Crippen LogP contribution >= 0.6 is 0 Å². The number of hydrogen-bond donors (Lipinski definition) is 4. The molecule has 0 saturated heterocycles. The number of hydrogen-bond acceptors (Lipinski definition) is 7. The molecule has 3 aliphatic rings. The van der Waals surface area contributed by atoms with Gasteiger partial charge in [0.25, 0.3) is 0 Å². The second kappa shape index (κ2) is 7.56. The van der Waals surface area contributed by atoms with Crippen LogP contribution in [0, 0.1) is 22.7 Å². The van der Waals surface area contributed by atoms with Gasteiger partial charge in [0.05, 0.1) is 11.1 Å². The molecule has 0 radical (unpaired) electrons. The molecule has 1 aromatic rings. The molecule has 0 amide bonds. The van der Waals surface area contributed by atoms with Crippen molar-refractivity contribution >= 4 is 17.3 Å². The zero-order chi connectivity index (χ0) is 26.2. The fourth-order valence-electron chi connectivity index (χ4n) is 6.50. The summed E-state index contributed by atoms with van der Waals surface area (Å²) in [6, 6.07) is 1.78. The summed E-state index contributed by atoms with van der Waals surface area (Å²) in [7, 11) is 0. The Labute approximate surface area is 204 Å². The van der Waals surface area contributed by atoms with Crippen molar-refractivity contribution < 1.29 is 34.8 Å². The van der Waals surface area contributed by atoms with E-state index in [1.54, 1.807) is 26.8 Å². The number of fused-ring (bicyclic) bond motifs is 3. The van der Waals surface area contributed by atoms with Crippen molar-refractivity contribution in [2.45, 2.75) is 72.3 Å². The molecule has 3 atom stereocenters. The summed E-state index contributed by atoms with van der Waals surface area (Å²) < 4.78 is 0. The van der Waals surface area contributed by atoms with Crippen LogP contribution in [0.1, 0.15) is 87.4 Å².